The molecule has 0 amide bonds. The van der Waals surface area contributed by atoms with Crippen LogP contribution in [0.5, 0.6) is 0 Å². The van der Waals surface area contributed by atoms with Gasteiger partial charge in [-0.05, 0) is 18.6 Å². The maximum Gasteiger partial charge on any atom is 0.346 e. The first-order valence-electron chi connectivity index (χ1n) is 6.05. The molecule has 0 saturated carbocycles. The van der Waals surface area contributed by atoms with Gasteiger partial charge in [-0.25, -0.2) is 0 Å². The second-order valence-electron chi connectivity index (χ2n) is 4.20. The number of non-ortho nitro benzene ring substituents is 1. The van der Waals surface area contributed by atoms with Gasteiger partial charge in [-0.1, -0.05) is 0 Å². The molecule has 21 heavy (non-hydrogen) atoms. The largest absolute Gasteiger partial charge is 0.374 e. The normalized spacial score (nSPS) is 16.8. The summed E-state index contributed by atoms with van der Waals surface area (Å²) in [6.45, 7) is 0.577. The molecular formula is C12H11N3O5S. The van der Waals surface area contributed by atoms with Crippen molar-refractivity contribution in [1.82, 2.24) is 5.32 Å². The Balaban J connectivity index is 2.34. The summed E-state index contributed by atoms with van der Waals surface area (Å²) in [5.41, 5.74) is -0.645. The first-order chi connectivity index (χ1) is 10.0. The van der Waals surface area contributed by atoms with Crippen LogP contribution >= 0.6 is 11.8 Å². The molecular weight excluding hydrogens is 298 g/mol. The smallest absolute Gasteiger partial charge is 0.346 e. The van der Waals surface area contributed by atoms with Crippen molar-refractivity contribution in [2.24, 2.45) is 0 Å². The minimum absolute atomic E-state index is 0.0489. The molecule has 0 aliphatic carbocycles. The van der Waals surface area contributed by atoms with E-state index >= 15 is 0 Å². The number of benzene rings is 1. The number of nitrogens with one attached hydrogen (secondary N) is 1. The van der Waals surface area contributed by atoms with Gasteiger partial charge in [-0.3, -0.25) is 25.0 Å². The van der Waals surface area contributed by atoms with E-state index in [1.807, 2.05) is 0 Å². The highest BCUT2D eigenvalue weighted by Gasteiger charge is 2.30. The predicted octanol–water partition coefficient (Wildman–Crippen LogP) is 1.95. The number of Topliss-reactive ketones (excluding diaryl/α,β-unsaturated/α-hetero) is 1. The fraction of sp³-hybridized carbons (Fsp3) is 0.250. The number of hydrogen-bond acceptors (Lipinski definition) is 7. The van der Waals surface area contributed by atoms with E-state index in [4.69, 9.17) is 0 Å². The summed E-state index contributed by atoms with van der Waals surface area (Å²) in [5.74, 6) is -0.0560. The molecule has 1 aromatic carbocycles. The molecule has 2 rings (SSSR count). The van der Waals surface area contributed by atoms with Crippen LogP contribution in [0.3, 0.4) is 0 Å². The fourth-order valence-corrected chi connectivity index (χ4v) is 2.79. The van der Waals surface area contributed by atoms with Crippen LogP contribution in [-0.4, -0.2) is 27.9 Å². The Kier molecular flexibility index (Phi) is 4.53. The van der Waals surface area contributed by atoms with Crippen LogP contribution in [0.15, 0.2) is 35.0 Å². The molecule has 1 aliphatic heterocycles. The number of nitro benzene ring substituents is 1. The van der Waals surface area contributed by atoms with Crippen molar-refractivity contribution in [1.29, 1.82) is 0 Å². The van der Waals surface area contributed by atoms with Crippen molar-refractivity contribution in [3.05, 3.63) is 60.8 Å². The van der Waals surface area contributed by atoms with Gasteiger partial charge in [0.15, 0.2) is 5.03 Å². The third-order valence-corrected chi connectivity index (χ3v) is 3.93. The Morgan fingerprint density at radius 3 is 2.33 bits per heavy atom. The standard InChI is InChI=1S/C12H11N3O5S/c16-11(8-2-4-9(5-3-8)14(17)18)10(15(19)20)12-13-6-1-7-21-12/h2-5,13H,1,6-7H2. The van der Waals surface area contributed by atoms with Crippen LogP contribution in [-0.2, 0) is 0 Å². The molecule has 0 unspecified atom stereocenters. The lowest BCUT2D eigenvalue weighted by Crippen LogP contribution is -2.25. The molecule has 0 aromatic heterocycles. The minimum atomic E-state index is -0.758. The molecule has 8 nitrogen and oxygen atoms in total. The van der Waals surface area contributed by atoms with Crippen LogP contribution in [0.4, 0.5) is 5.69 Å². The van der Waals surface area contributed by atoms with Crippen molar-refractivity contribution in [2.45, 2.75) is 6.42 Å². The van der Waals surface area contributed by atoms with Gasteiger partial charge in [0.25, 0.3) is 11.5 Å². The number of rotatable bonds is 4. The number of hydrogen-bond donors (Lipinski definition) is 1. The number of thioether (sulfide) groups is 1. The summed E-state index contributed by atoms with van der Waals surface area (Å²) in [4.78, 5) is 32.6. The number of nitrogens with zero attached hydrogens (tertiary/aromatic N) is 2. The first kappa shape index (κ1) is 15.0. The van der Waals surface area contributed by atoms with Crippen LogP contribution < -0.4 is 5.32 Å². The second kappa shape index (κ2) is 6.35. The monoisotopic (exact) mass is 309 g/mol. The number of ketones is 1. The molecule has 0 radical (unpaired) electrons. The topological polar surface area (TPSA) is 115 Å². The van der Waals surface area contributed by atoms with Gasteiger partial charge >= 0.3 is 5.70 Å². The first-order valence-corrected chi connectivity index (χ1v) is 7.03. The van der Waals surface area contributed by atoms with Gasteiger partial charge in [0.2, 0.25) is 0 Å². The summed E-state index contributed by atoms with van der Waals surface area (Å²) in [6.07, 6.45) is 0.866. The van der Waals surface area contributed by atoms with Crippen molar-refractivity contribution in [2.75, 3.05) is 12.3 Å². The number of allylic oxidation sites excluding steroid dienone is 1. The zero-order chi connectivity index (χ0) is 15.4. The average molecular weight is 309 g/mol. The molecule has 1 fully saturated rings. The Labute approximate surface area is 123 Å². The zero-order valence-electron chi connectivity index (χ0n) is 10.8. The molecule has 110 valence electrons. The van der Waals surface area contributed by atoms with Gasteiger partial charge in [-0.15, -0.1) is 11.8 Å². The van der Waals surface area contributed by atoms with Crippen molar-refractivity contribution >= 4 is 23.2 Å². The van der Waals surface area contributed by atoms with Gasteiger partial charge in [-0.2, -0.15) is 0 Å². The lowest BCUT2D eigenvalue weighted by Gasteiger charge is -2.15. The van der Waals surface area contributed by atoms with Crippen molar-refractivity contribution in [3.63, 3.8) is 0 Å². The summed E-state index contributed by atoms with van der Waals surface area (Å²) in [7, 11) is 0. The van der Waals surface area contributed by atoms with Crippen molar-refractivity contribution in [3.8, 4) is 0 Å². The summed E-state index contributed by atoms with van der Waals surface area (Å²) in [6, 6.07) is 4.74. The molecule has 9 heteroatoms. The fourth-order valence-electron chi connectivity index (χ4n) is 1.79. The quantitative estimate of drug-likeness (QED) is 0.391. The van der Waals surface area contributed by atoms with Crippen LogP contribution in [0.1, 0.15) is 16.8 Å². The third-order valence-electron chi connectivity index (χ3n) is 2.81. The Morgan fingerprint density at radius 2 is 1.86 bits per heavy atom. The molecule has 0 spiro atoms. The van der Waals surface area contributed by atoms with Gasteiger partial charge in [0, 0.05) is 30.0 Å². The lowest BCUT2D eigenvalue weighted by atomic mass is 10.1. The molecule has 1 aliphatic rings. The summed E-state index contributed by atoms with van der Waals surface area (Å²) < 4.78 is 0. The van der Waals surface area contributed by atoms with Crippen LogP contribution in [0.2, 0.25) is 0 Å². The van der Waals surface area contributed by atoms with Crippen molar-refractivity contribution < 1.29 is 14.6 Å². The number of nitro groups is 2. The van der Waals surface area contributed by atoms with E-state index < -0.39 is 21.3 Å². The Morgan fingerprint density at radius 1 is 1.19 bits per heavy atom. The molecule has 1 heterocycles. The SMILES string of the molecule is O=C(C(=C1NCCCS1)[N+](=O)[O-])c1ccc([N+](=O)[O-])cc1. The maximum absolute atomic E-state index is 12.2. The van der Waals surface area contributed by atoms with Gasteiger partial charge < -0.3 is 5.32 Å². The van der Waals surface area contributed by atoms with E-state index in [9.17, 15) is 25.0 Å². The minimum Gasteiger partial charge on any atom is -0.374 e. The third kappa shape index (κ3) is 3.37. The lowest BCUT2D eigenvalue weighted by molar-refractivity contribution is -0.417. The summed E-state index contributed by atoms with van der Waals surface area (Å²) >= 11 is 1.23. The van der Waals surface area contributed by atoms with Crippen LogP contribution in [0, 0.1) is 20.2 Å². The molecule has 1 aromatic rings. The highest BCUT2D eigenvalue weighted by molar-refractivity contribution is 8.03. The van der Waals surface area contributed by atoms with E-state index in [0.717, 1.165) is 18.6 Å². The highest BCUT2D eigenvalue weighted by Crippen LogP contribution is 2.25. The average Bonchev–Trinajstić information content (AvgIpc) is 2.48. The molecule has 0 bridgehead atoms. The number of carbonyl (C=O) groups is 1. The maximum atomic E-state index is 12.2. The summed E-state index contributed by atoms with van der Waals surface area (Å²) in [5, 5.41) is 24.8. The van der Waals surface area contributed by atoms with E-state index in [2.05, 4.69) is 5.32 Å². The highest BCUT2D eigenvalue weighted by atomic mass is 32.2. The molecule has 1 N–H and O–H groups in total. The number of carbonyl (C=O) groups excluding carboxylic acids is 1. The molecule has 0 atom stereocenters. The van der Waals surface area contributed by atoms with E-state index in [0.29, 0.717) is 12.3 Å². The van der Waals surface area contributed by atoms with E-state index in [1.54, 1.807) is 0 Å². The van der Waals surface area contributed by atoms with Gasteiger partial charge in [0.05, 0.1) is 9.85 Å². The van der Waals surface area contributed by atoms with Crippen LogP contribution in [0.25, 0.3) is 0 Å². The Bertz CT molecular complexity index is 618. The van der Waals surface area contributed by atoms with E-state index in [1.165, 1.54) is 23.9 Å². The Hall–Kier alpha value is -2.42. The predicted molar refractivity (Wildman–Crippen MR) is 76.5 cm³/mol. The van der Waals surface area contributed by atoms with Gasteiger partial charge in [0.1, 0.15) is 0 Å². The molecule has 1 saturated heterocycles. The zero-order valence-corrected chi connectivity index (χ0v) is 11.6. The van der Waals surface area contributed by atoms with E-state index in [-0.39, 0.29) is 16.3 Å². The second-order valence-corrected chi connectivity index (χ2v) is 5.30.